The molecule has 0 saturated heterocycles. The lowest BCUT2D eigenvalue weighted by Gasteiger charge is -2.12. The maximum absolute atomic E-state index is 15.1. The molecule has 0 spiro atoms. The van der Waals surface area contributed by atoms with Gasteiger partial charge in [0.05, 0.1) is 17.7 Å². The number of halogens is 4. The summed E-state index contributed by atoms with van der Waals surface area (Å²) in [5.41, 5.74) is 2.62. The lowest BCUT2D eigenvalue weighted by Crippen LogP contribution is -2.23. The third-order valence-corrected chi connectivity index (χ3v) is 6.04. The van der Waals surface area contributed by atoms with Crippen molar-refractivity contribution in [3.8, 4) is 33.8 Å². The van der Waals surface area contributed by atoms with Crippen molar-refractivity contribution in [1.29, 1.82) is 0 Å². The van der Waals surface area contributed by atoms with E-state index < -0.39 is 23.1 Å². The van der Waals surface area contributed by atoms with Crippen LogP contribution in [0.4, 0.5) is 14.5 Å². The number of ether oxygens (including phenoxy) is 1. The van der Waals surface area contributed by atoms with Crippen molar-refractivity contribution in [3.05, 3.63) is 119 Å². The topological polar surface area (TPSA) is 117 Å². The molecule has 0 atom stereocenters. The van der Waals surface area contributed by atoms with E-state index in [-0.39, 0.29) is 22.3 Å². The molecule has 2 aromatic carbocycles. The summed E-state index contributed by atoms with van der Waals surface area (Å²) in [6.45, 7) is 0. The number of hydrogen-bond donors (Lipinski definition) is 3. The highest BCUT2D eigenvalue weighted by Crippen LogP contribution is 2.33. The molecule has 0 radical (unpaired) electrons. The number of nitrogens with one attached hydrogen (secondary N) is 3. The van der Waals surface area contributed by atoms with E-state index in [1.807, 2.05) is 0 Å². The predicted octanol–water partition coefficient (Wildman–Crippen LogP) is 6.82. The minimum atomic E-state index is -0.734. The fourth-order valence-electron chi connectivity index (χ4n) is 4.08. The minimum absolute atomic E-state index is 0.0726. The van der Waals surface area contributed by atoms with Crippen LogP contribution in [0.5, 0.6) is 11.5 Å². The van der Waals surface area contributed by atoms with Gasteiger partial charge in [-0.1, -0.05) is 12.1 Å². The summed E-state index contributed by atoms with van der Waals surface area (Å²) in [5, 5.41) is 13.7. The number of benzene rings is 2. The summed E-state index contributed by atoms with van der Waals surface area (Å²) in [6.07, 6.45) is 8.19. The second-order valence-corrected chi connectivity index (χ2v) is 9.49. The number of H-pyrrole nitrogens is 2. The van der Waals surface area contributed by atoms with Gasteiger partial charge in [-0.25, -0.2) is 13.3 Å². The Hall–Kier alpha value is -5.00. The molecule has 0 unspecified atom stereocenters. The molecular weight excluding hydrogens is 589 g/mol. The van der Waals surface area contributed by atoms with Crippen molar-refractivity contribution in [2.24, 2.45) is 0 Å². The fourth-order valence-corrected chi connectivity index (χ4v) is 4.08. The number of nitrogens with zero attached hydrogens (tertiary/aromatic N) is 3. The lowest BCUT2D eigenvalue weighted by atomic mass is 10.1. The van der Waals surface area contributed by atoms with E-state index in [1.165, 1.54) is 48.7 Å². The zero-order chi connectivity index (χ0) is 29.6. The van der Waals surface area contributed by atoms with E-state index in [0.717, 1.165) is 17.2 Å². The third-order valence-electron chi connectivity index (χ3n) is 6.04. The maximum Gasteiger partial charge on any atom is 0.261 e. The number of aromatic amines is 2. The van der Waals surface area contributed by atoms with Crippen molar-refractivity contribution >= 4 is 40.3 Å². The number of hydrogen-bond acceptors (Lipinski definition) is 5. The fraction of sp³-hybridized carbons (Fsp3) is 0.0345. The van der Waals surface area contributed by atoms with Gasteiger partial charge >= 0.3 is 0 Å². The summed E-state index contributed by atoms with van der Waals surface area (Å²) in [4.78, 5) is 27.7. The Morgan fingerprint density at radius 1 is 0.929 bits per heavy atom. The van der Waals surface area contributed by atoms with Crippen LogP contribution in [0.3, 0.4) is 0 Å². The Labute approximate surface area is 246 Å². The zero-order valence-corrected chi connectivity index (χ0v) is 23.0. The average Bonchev–Trinajstić information content (AvgIpc) is 3.68. The molecule has 0 aliphatic rings. The smallest absolute Gasteiger partial charge is 0.261 e. The van der Waals surface area contributed by atoms with Crippen molar-refractivity contribution < 1.29 is 18.3 Å². The molecule has 6 aromatic rings. The average molecular weight is 609 g/mol. The highest BCUT2D eigenvalue weighted by atomic mass is 35.5. The molecule has 4 aromatic heterocycles. The van der Waals surface area contributed by atoms with Crippen molar-refractivity contribution in [2.75, 3.05) is 10.7 Å². The molecule has 13 heteroatoms. The molecule has 0 aliphatic carbocycles. The highest BCUT2D eigenvalue weighted by molar-refractivity contribution is 6.40. The molecule has 4 heterocycles. The van der Waals surface area contributed by atoms with Crippen LogP contribution >= 0.6 is 23.2 Å². The number of fused-ring (bicyclic) bond motifs is 1. The first-order valence-corrected chi connectivity index (χ1v) is 13.3. The normalized spacial score (nSPS) is 10.7. The number of amides is 1. The van der Waals surface area contributed by atoms with Gasteiger partial charge < -0.3 is 15.0 Å². The summed E-state index contributed by atoms with van der Waals surface area (Å²) >= 11 is 9.53. The summed E-state index contributed by atoms with van der Waals surface area (Å²) in [5.74, 6) is -1.58. The van der Waals surface area contributed by atoms with E-state index in [2.05, 4.69) is 25.6 Å². The van der Waals surface area contributed by atoms with Crippen LogP contribution in [0.15, 0.2) is 96.4 Å². The van der Waals surface area contributed by atoms with Crippen LogP contribution in [-0.2, 0) is 0 Å². The Morgan fingerprint density at radius 3 is 2.43 bits per heavy atom. The molecule has 0 saturated carbocycles. The molecule has 42 heavy (non-hydrogen) atoms. The van der Waals surface area contributed by atoms with Gasteiger partial charge in [0.1, 0.15) is 16.9 Å². The molecule has 0 bridgehead atoms. The molecule has 6 rings (SSSR count). The molecular formula is C29H20Cl2F2N6O3. The van der Waals surface area contributed by atoms with Crippen molar-refractivity contribution in [1.82, 2.24) is 24.8 Å². The van der Waals surface area contributed by atoms with E-state index in [9.17, 15) is 14.0 Å². The molecule has 0 aliphatic heterocycles. The highest BCUT2D eigenvalue weighted by Gasteiger charge is 2.16. The van der Waals surface area contributed by atoms with Gasteiger partial charge in [0.25, 0.3) is 11.5 Å². The molecule has 1 amide bonds. The van der Waals surface area contributed by atoms with Gasteiger partial charge in [-0.3, -0.25) is 14.7 Å². The zero-order valence-electron chi connectivity index (χ0n) is 21.4. The molecule has 3 N–H and O–H groups in total. The maximum atomic E-state index is 15.1. The Bertz CT molecular complexity index is 1910. The Balaban J connectivity index is 0.00000113. The summed E-state index contributed by atoms with van der Waals surface area (Å²) in [7, 11) is 0. The van der Waals surface area contributed by atoms with Gasteiger partial charge in [-0.05, 0) is 53.6 Å². The van der Waals surface area contributed by atoms with E-state index >= 15 is 4.39 Å². The first kappa shape index (κ1) is 28.5. The van der Waals surface area contributed by atoms with E-state index in [1.54, 1.807) is 41.4 Å². The van der Waals surface area contributed by atoms with Crippen LogP contribution in [-0.4, -0.2) is 36.0 Å². The number of pyridine rings is 2. The molecule has 9 nitrogen and oxygen atoms in total. The number of aromatic nitrogens is 5. The molecule has 0 fully saturated rings. The second kappa shape index (κ2) is 12.7. The Morgan fingerprint density at radius 2 is 1.71 bits per heavy atom. The first-order valence-electron chi connectivity index (χ1n) is 12.2. The number of alkyl halides is 2. The van der Waals surface area contributed by atoms with Crippen LogP contribution < -0.4 is 15.6 Å². The van der Waals surface area contributed by atoms with Crippen LogP contribution in [0, 0.1) is 11.6 Å². The van der Waals surface area contributed by atoms with Gasteiger partial charge in [0.2, 0.25) is 0 Å². The summed E-state index contributed by atoms with van der Waals surface area (Å²) in [6, 6.07) is 14.4. The summed E-state index contributed by atoms with van der Waals surface area (Å²) < 4.78 is 35.8. The number of anilines is 1. The standard InChI is InChI=1S/C28H18F2N6O3.CH2Cl2/c29-20-3-1-16(2-4-20)17-9-22(27(37)31-12-17)28(38)35-21-5-6-25(23(30)11-21)39-26-10-18(19-13-32-33-14-19)15-36-24(26)7-8-34-36;2-1-3/h1-15H,(H,31,37)(H,32,33)(H,35,38);1H2. The van der Waals surface area contributed by atoms with Gasteiger partial charge in [0, 0.05) is 41.5 Å². The number of carbonyl (C=O) groups excluding carboxylic acids is 1. The van der Waals surface area contributed by atoms with Crippen molar-refractivity contribution in [3.63, 3.8) is 0 Å². The molecule has 212 valence electrons. The SMILES string of the molecule is ClCCl.O=C(Nc1ccc(Oc2cc(-c3cn[nH]c3)cn3nccc23)c(F)c1)c1cc(-c2ccc(F)cc2)c[nH]c1=O. The quantitative estimate of drug-likeness (QED) is 0.179. The van der Waals surface area contributed by atoms with Crippen LogP contribution in [0.1, 0.15) is 10.4 Å². The van der Waals surface area contributed by atoms with Crippen LogP contribution in [0.2, 0.25) is 0 Å². The minimum Gasteiger partial charge on any atom is -0.452 e. The monoisotopic (exact) mass is 608 g/mol. The van der Waals surface area contributed by atoms with Crippen LogP contribution in [0.25, 0.3) is 27.8 Å². The van der Waals surface area contributed by atoms with E-state index in [4.69, 9.17) is 27.9 Å². The Kier molecular flexibility index (Phi) is 8.60. The largest absolute Gasteiger partial charge is 0.452 e. The van der Waals surface area contributed by atoms with Gasteiger partial charge in [0.15, 0.2) is 17.3 Å². The number of carbonyl (C=O) groups is 1. The predicted molar refractivity (Wildman–Crippen MR) is 156 cm³/mol. The first-order chi connectivity index (χ1) is 20.4. The van der Waals surface area contributed by atoms with Gasteiger partial charge in [-0.15, -0.1) is 23.2 Å². The van der Waals surface area contributed by atoms with Gasteiger partial charge in [-0.2, -0.15) is 10.2 Å². The number of rotatable bonds is 6. The lowest BCUT2D eigenvalue weighted by molar-refractivity contribution is 0.102. The van der Waals surface area contributed by atoms with E-state index in [0.29, 0.717) is 22.4 Å². The third kappa shape index (κ3) is 6.32. The van der Waals surface area contributed by atoms with Crippen molar-refractivity contribution in [2.45, 2.75) is 0 Å². The second-order valence-electron chi connectivity index (χ2n) is 8.68.